The SMILES string of the molecule is C=C(CC=C(C)C)CCC. The van der Waals surface area contributed by atoms with E-state index < -0.39 is 0 Å². The minimum Gasteiger partial charge on any atom is -0.0995 e. The summed E-state index contributed by atoms with van der Waals surface area (Å²) in [5.41, 5.74) is 2.74. The molecule has 0 aliphatic carbocycles. The second-order valence-electron chi connectivity index (χ2n) is 2.99. The molecule has 0 saturated heterocycles. The zero-order valence-electron chi connectivity index (χ0n) is 7.41. The van der Waals surface area contributed by atoms with Crippen LogP contribution in [0.5, 0.6) is 0 Å². The predicted octanol–water partition coefficient (Wildman–Crippen LogP) is 3.70. The van der Waals surface area contributed by atoms with E-state index in [1.165, 1.54) is 24.0 Å². The Labute approximate surface area is 64.6 Å². The molecule has 58 valence electrons. The molecule has 0 aromatic heterocycles. The van der Waals surface area contributed by atoms with Crippen molar-refractivity contribution in [3.05, 3.63) is 23.8 Å². The van der Waals surface area contributed by atoms with Gasteiger partial charge in [-0.25, -0.2) is 0 Å². The molecule has 0 rings (SSSR count). The zero-order valence-corrected chi connectivity index (χ0v) is 7.41. The van der Waals surface area contributed by atoms with E-state index in [4.69, 9.17) is 0 Å². The Morgan fingerprint density at radius 2 is 2.00 bits per heavy atom. The molecule has 0 bridgehead atoms. The molecule has 10 heavy (non-hydrogen) atoms. The molecule has 0 saturated carbocycles. The fourth-order valence-electron chi connectivity index (χ4n) is 0.804. The molecule has 0 radical (unpaired) electrons. The van der Waals surface area contributed by atoms with Crippen molar-refractivity contribution in [1.29, 1.82) is 0 Å². The summed E-state index contributed by atoms with van der Waals surface area (Å²) in [5, 5.41) is 0. The molecule has 0 aromatic carbocycles. The van der Waals surface area contributed by atoms with Crippen molar-refractivity contribution in [1.82, 2.24) is 0 Å². The summed E-state index contributed by atoms with van der Waals surface area (Å²) in [4.78, 5) is 0. The summed E-state index contributed by atoms with van der Waals surface area (Å²) in [5.74, 6) is 0. The second-order valence-corrected chi connectivity index (χ2v) is 2.99. The number of rotatable bonds is 4. The van der Waals surface area contributed by atoms with Crippen LogP contribution in [0.4, 0.5) is 0 Å². The van der Waals surface area contributed by atoms with Crippen LogP contribution in [0.25, 0.3) is 0 Å². The summed E-state index contributed by atoms with van der Waals surface area (Å²) < 4.78 is 0. The Kier molecular flexibility index (Phi) is 5.00. The van der Waals surface area contributed by atoms with Crippen molar-refractivity contribution in [2.24, 2.45) is 0 Å². The molecule has 0 spiro atoms. The molecule has 0 aliphatic heterocycles. The van der Waals surface area contributed by atoms with Crippen LogP contribution in [0.2, 0.25) is 0 Å². The molecule has 0 amide bonds. The summed E-state index contributed by atoms with van der Waals surface area (Å²) in [6, 6.07) is 0. The van der Waals surface area contributed by atoms with Gasteiger partial charge in [-0.1, -0.05) is 37.1 Å². The third-order valence-corrected chi connectivity index (χ3v) is 1.40. The van der Waals surface area contributed by atoms with Gasteiger partial charge >= 0.3 is 0 Å². The molecular weight excluding hydrogens is 120 g/mol. The van der Waals surface area contributed by atoms with Crippen LogP contribution >= 0.6 is 0 Å². The molecule has 0 unspecified atom stereocenters. The molecule has 0 N–H and O–H groups in total. The van der Waals surface area contributed by atoms with Crippen molar-refractivity contribution < 1.29 is 0 Å². The van der Waals surface area contributed by atoms with Gasteiger partial charge in [0.05, 0.1) is 0 Å². The largest absolute Gasteiger partial charge is 0.0995 e. The lowest BCUT2D eigenvalue weighted by molar-refractivity contribution is 0.882. The van der Waals surface area contributed by atoms with Gasteiger partial charge in [-0.2, -0.15) is 0 Å². The lowest BCUT2D eigenvalue weighted by Gasteiger charge is -1.98. The zero-order chi connectivity index (χ0) is 7.98. The first kappa shape index (κ1) is 9.48. The van der Waals surface area contributed by atoms with Gasteiger partial charge < -0.3 is 0 Å². The van der Waals surface area contributed by atoms with E-state index in [-0.39, 0.29) is 0 Å². The van der Waals surface area contributed by atoms with Gasteiger partial charge in [0.15, 0.2) is 0 Å². The lowest BCUT2D eigenvalue weighted by Crippen LogP contribution is -1.77. The Bertz CT molecular complexity index is 125. The first-order chi connectivity index (χ1) is 4.66. The lowest BCUT2D eigenvalue weighted by atomic mass is 10.1. The maximum atomic E-state index is 3.97. The van der Waals surface area contributed by atoms with Gasteiger partial charge in [0.2, 0.25) is 0 Å². The Morgan fingerprint density at radius 1 is 1.40 bits per heavy atom. The van der Waals surface area contributed by atoms with Crippen molar-refractivity contribution in [2.75, 3.05) is 0 Å². The fraction of sp³-hybridized carbons (Fsp3) is 0.600. The molecule has 0 fully saturated rings. The van der Waals surface area contributed by atoms with Crippen molar-refractivity contribution in [2.45, 2.75) is 40.0 Å². The van der Waals surface area contributed by atoms with Gasteiger partial charge in [-0.3, -0.25) is 0 Å². The summed E-state index contributed by atoms with van der Waals surface area (Å²) >= 11 is 0. The van der Waals surface area contributed by atoms with Crippen molar-refractivity contribution in [3.63, 3.8) is 0 Å². The third-order valence-electron chi connectivity index (χ3n) is 1.40. The molecule has 0 aliphatic rings. The van der Waals surface area contributed by atoms with E-state index in [2.05, 4.69) is 33.4 Å². The van der Waals surface area contributed by atoms with Crippen molar-refractivity contribution >= 4 is 0 Å². The van der Waals surface area contributed by atoms with Crippen LogP contribution in [0.1, 0.15) is 40.0 Å². The summed E-state index contributed by atoms with van der Waals surface area (Å²) in [6.07, 6.45) is 5.69. The normalized spacial score (nSPS) is 9.10. The molecule has 0 nitrogen and oxygen atoms in total. The van der Waals surface area contributed by atoms with Gasteiger partial charge in [0, 0.05) is 0 Å². The Hall–Kier alpha value is -0.520. The van der Waals surface area contributed by atoms with Crippen LogP contribution in [0.3, 0.4) is 0 Å². The summed E-state index contributed by atoms with van der Waals surface area (Å²) in [7, 11) is 0. The Balaban J connectivity index is 3.49. The van der Waals surface area contributed by atoms with E-state index in [1.54, 1.807) is 0 Å². The maximum Gasteiger partial charge on any atom is -0.0139 e. The van der Waals surface area contributed by atoms with Gasteiger partial charge in [0.25, 0.3) is 0 Å². The topological polar surface area (TPSA) is 0 Å². The van der Waals surface area contributed by atoms with Gasteiger partial charge in [-0.15, -0.1) is 0 Å². The van der Waals surface area contributed by atoms with Gasteiger partial charge in [-0.05, 0) is 26.7 Å². The molecule has 0 heteroatoms. The number of hydrogen-bond acceptors (Lipinski definition) is 0. The average Bonchev–Trinajstić information content (AvgIpc) is 1.85. The highest BCUT2D eigenvalue weighted by Crippen LogP contribution is 2.08. The maximum absolute atomic E-state index is 3.97. The van der Waals surface area contributed by atoms with E-state index in [1.807, 2.05) is 0 Å². The fourth-order valence-corrected chi connectivity index (χ4v) is 0.804. The highest BCUT2D eigenvalue weighted by atomic mass is 13.9. The van der Waals surface area contributed by atoms with Crippen molar-refractivity contribution in [3.8, 4) is 0 Å². The smallest absolute Gasteiger partial charge is 0.0139 e. The number of hydrogen-bond donors (Lipinski definition) is 0. The molecule has 0 heterocycles. The monoisotopic (exact) mass is 138 g/mol. The third kappa shape index (κ3) is 5.61. The predicted molar refractivity (Wildman–Crippen MR) is 48.1 cm³/mol. The van der Waals surface area contributed by atoms with E-state index in [0.29, 0.717) is 0 Å². The van der Waals surface area contributed by atoms with Crippen LogP contribution in [0, 0.1) is 0 Å². The molecule has 0 atom stereocenters. The standard InChI is InChI=1S/C10H18/c1-5-6-10(4)8-7-9(2)3/h7H,4-6,8H2,1-3H3. The van der Waals surface area contributed by atoms with E-state index >= 15 is 0 Å². The van der Waals surface area contributed by atoms with Crippen LogP contribution in [-0.4, -0.2) is 0 Å². The summed E-state index contributed by atoms with van der Waals surface area (Å²) in [6.45, 7) is 10.4. The quantitative estimate of drug-likeness (QED) is 0.520. The van der Waals surface area contributed by atoms with E-state index in [9.17, 15) is 0 Å². The highest BCUT2D eigenvalue weighted by Gasteiger charge is 1.88. The minimum absolute atomic E-state index is 1.07. The van der Waals surface area contributed by atoms with Crippen LogP contribution in [-0.2, 0) is 0 Å². The highest BCUT2D eigenvalue weighted by molar-refractivity contribution is 5.05. The van der Waals surface area contributed by atoms with Crippen LogP contribution in [0.15, 0.2) is 23.8 Å². The number of allylic oxidation sites excluding steroid dienone is 3. The average molecular weight is 138 g/mol. The van der Waals surface area contributed by atoms with Crippen LogP contribution < -0.4 is 0 Å². The molecular formula is C10H18. The minimum atomic E-state index is 1.07. The first-order valence-electron chi connectivity index (χ1n) is 3.96. The molecule has 0 aromatic rings. The van der Waals surface area contributed by atoms with E-state index in [0.717, 1.165) is 6.42 Å². The Morgan fingerprint density at radius 3 is 2.40 bits per heavy atom. The second kappa shape index (κ2) is 5.28. The first-order valence-corrected chi connectivity index (χ1v) is 3.96. The van der Waals surface area contributed by atoms with Gasteiger partial charge in [0.1, 0.15) is 0 Å².